The number of hydrogen-bond donors (Lipinski definition) is 0. The Hall–Kier alpha value is -1.88. The monoisotopic (exact) mass is 276 g/mol. The molecule has 20 heavy (non-hydrogen) atoms. The van der Waals surface area contributed by atoms with Crippen molar-refractivity contribution in [3.8, 4) is 0 Å². The first-order valence-electron chi connectivity index (χ1n) is 6.49. The minimum atomic E-state index is -0.409. The van der Waals surface area contributed by atoms with Crippen LogP contribution in [0.25, 0.3) is 11.1 Å². The van der Waals surface area contributed by atoms with Crippen molar-refractivity contribution in [1.82, 2.24) is 9.88 Å². The number of carbonyl (C=O) groups excluding carboxylic acids is 1. The molecule has 0 spiro atoms. The fraction of sp³-hybridized carbons (Fsp3) is 0.467. The number of furan rings is 1. The van der Waals surface area contributed by atoms with Gasteiger partial charge in [-0.1, -0.05) is 0 Å². The Morgan fingerprint density at radius 3 is 2.80 bits per heavy atom. The van der Waals surface area contributed by atoms with Gasteiger partial charge in [0, 0.05) is 25.9 Å². The number of fused-ring (bicyclic) bond motifs is 1. The van der Waals surface area contributed by atoms with Crippen molar-refractivity contribution in [3.63, 3.8) is 0 Å². The zero-order valence-corrected chi connectivity index (χ0v) is 12.6. The predicted octanol–water partition coefficient (Wildman–Crippen LogP) is 2.63. The van der Waals surface area contributed by atoms with E-state index in [9.17, 15) is 4.79 Å². The lowest BCUT2D eigenvalue weighted by molar-refractivity contribution is 0.0344. The molecule has 2 rings (SSSR count). The number of likely N-dealkylation sites (N-methyl/N-ethyl adjacent to an activating group) is 1. The van der Waals surface area contributed by atoms with Crippen LogP contribution >= 0.6 is 0 Å². The van der Waals surface area contributed by atoms with Gasteiger partial charge in [0.1, 0.15) is 5.52 Å². The highest BCUT2D eigenvalue weighted by Crippen LogP contribution is 2.22. The number of pyridine rings is 1. The van der Waals surface area contributed by atoms with E-state index < -0.39 is 5.54 Å². The minimum absolute atomic E-state index is 0.178. The third-order valence-electron chi connectivity index (χ3n) is 3.43. The Bertz CT molecular complexity index is 631. The number of rotatable bonds is 4. The molecule has 2 aromatic rings. The molecular formula is C15H20N2O3. The highest BCUT2D eigenvalue weighted by atomic mass is 16.5. The number of ether oxygens (including phenoxy) is 1. The molecule has 108 valence electrons. The van der Waals surface area contributed by atoms with Gasteiger partial charge in [-0.25, -0.2) is 4.98 Å². The van der Waals surface area contributed by atoms with Crippen molar-refractivity contribution in [2.75, 3.05) is 20.8 Å². The number of aromatic nitrogens is 1. The van der Waals surface area contributed by atoms with Crippen molar-refractivity contribution in [1.29, 1.82) is 0 Å². The fourth-order valence-corrected chi connectivity index (χ4v) is 2.02. The Balaban J connectivity index is 2.31. The largest absolute Gasteiger partial charge is 0.449 e. The van der Waals surface area contributed by atoms with Crippen LogP contribution in [0.2, 0.25) is 0 Å². The van der Waals surface area contributed by atoms with Crippen molar-refractivity contribution in [3.05, 3.63) is 29.7 Å². The van der Waals surface area contributed by atoms with E-state index in [-0.39, 0.29) is 5.91 Å². The first kappa shape index (κ1) is 14.5. The first-order valence-corrected chi connectivity index (χ1v) is 6.49. The van der Waals surface area contributed by atoms with Gasteiger partial charge in [0.15, 0.2) is 11.3 Å². The van der Waals surface area contributed by atoms with Crippen LogP contribution in [0, 0.1) is 6.92 Å². The molecule has 0 unspecified atom stereocenters. The maximum atomic E-state index is 12.5. The molecule has 0 N–H and O–H groups in total. The Kier molecular flexibility index (Phi) is 3.81. The molecule has 2 heterocycles. The van der Waals surface area contributed by atoms with Gasteiger partial charge < -0.3 is 14.1 Å². The molecule has 0 bridgehead atoms. The summed E-state index contributed by atoms with van der Waals surface area (Å²) in [6.45, 7) is 6.24. The second-order valence-corrected chi connectivity index (χ2v) is 5.56. The van der Waals surface area contributed by atoms with E-state index in [4.69, 9.17) is 9.15 Å². The normalized spacial score (nSPS) is 11.8. The number of carbonyl (C=O) groups is 1. The van der Waals surface area contributed by atoms with E-state index in [0.717, 1.165) is 5.69 Å². The van der Waals surface area contributed by atoms with Gasteiger partial charge in [-0.15, -0.1) is 0 Å². The molecule has 0 saturated heterocycles. The summed E-state index contributed by atoms with van der Waals surface area (Å²) < 4.78 is 10.7. The third kappa shape index (κ3) is 2.67. The van der Waals surface area contributed by atoms with Crippen molar-refractivity contribution < 1.29 is 13.9 Å². The van der Waals surface area contributed by atoms with Crippen molar-refractivity contribution in [2.24, 2.45) is 0 Å². The minimum Gasteiger partial charge on any atom is -0.449 e. The summed E-state index contributed by atoms with van der Waals surface area (Å²) in [5, 5.41) is 0. The molecular weight excluding hydrogens is 256 g/mol. The van der Waals surface area contributed by atoms with E-state index in [1.165, 1.54) is 0 Å². The van der Waals surface area contributed by atoms with Gasteiger partial charge in [-0.05, 0) is 32.9 Å². The second kappa shape index (κ2) is 5.25. The summed E-state index contributed by atoms with van der Waals surface area (Å²) >= 11 is 0. The summed E-state index contributed by atoms with van der Waals surface area (Å²) in [5.41, 5.74) is 1.81. The molecule has 0 aromatic carbocycles. The molecule has 1 amide bonds. The van der Waals surface area contributed by atoms with Crippen molar-refractivity contribution in [2.45, 2.75) is 26.3 Å². The average Bonchev–Trinajstić information content (AvgIpc) is 2.79. The van der Waals surface area contributed by atoms with Gasteiger partial charge >= 0.3 is 0 Å². The smallest absolute Gasteiger partial charge is 0.289 e. The molecule has 0 aliphatic carbocycles. The van der Waals surface area contributed by atoms with Crippen LogP contribution in [0.4, 0.5) is 0 Å². The van der Waals surface area contributed by atoms with Crippen LogP contribution in [0.3, 0.4) is 0 Å². The maximum Gasteiger partial charge on any atom is 0.289 e. The molecule has 5 heteroatoms. The molecule has 0 atom stereocenters. The highest BCUT2D eigenvalue weighted by Gasteiger charge is 2.30. The van der Waals surface area contributed by atoms with Crippen LogP contribution in [-0.4, -0.2) is 42.1 Å². The third-order valence-corrected chi connectivity index (χ3v) is 3.43. The quantitative estimate of drug-likeness (QED) is 0.861. The first-order chi connectivity index (χ1) is 9.35. The van der Waals surface area contributed by atoms with E-state index in [0.29, 0.717) is 23.5 Å². The molecule has 0 fully saturated rings. The van der Waals surface area contributed by atoms with E-state index in [2.05, 4.69) is 4.98 Å². The molecule has 2 aromatic heterocycles. The van der Waals surface area contributed by atoms with Crippen LogP contribution in [0.15, 0.2) is 22.6 Å². The molecule has 0 saturated carbocycles. The Morgan fingerprint density at radius 2 is 2.15 bits per heavy atom. The molecule has 5 nitrogen and oxygen atoms in total. The zero-order valence-electron chi connectivity index (χ0n) is 12.6. The lowest BCUT2D eigenvalue weighted by atomic mass is 10.0. The van der Waals surface area contributed by atoms with Crippen LogP contribution in [-0.2, 0) is 4.74 Å². The summed E-state index contributed by atoms with van der Waals surface area (Å²) in [6.07, 6.45) is 0. The number of methoxy groups -OCH3 is 1. The summed E-state index contributed by atoms with van der Waals surface area (Å²) in [4.78, 5) is 18.4. The average molecular weight is 276 g/mol. The van der Waals surface area contributed by atoms with Crippen LogP contribution < -0.4 is 0 Å². The Labute approximate surface area is 118 Å². The standard InChI is InChI=1S/C15H20N2O3/c1-10-6-7-12-11(16-10)8-13(20-12)14(18)17(4)15(2,3)9-19-5/h6-8H,9H2,1-5H3. The van der Waals surface area contributed by atoms with Gasteiger partial charge in [-0.3, -0.25) is 4.79 Å². The lowest BCUT2D eigenvalue weighted by Crippen LogP contribution is -2.48. The van der Waals surface area contributed by atoms with Crippen LogP contribution in [0.5, 0.6) is 0 Å². The van der Waals surface area contributed by atoms with Crippen LogP contribution in [0.1, 0.15) is 30.1 Å². The highest BCUT2D eigenvalue weighted by molar-refractivity contribution is 5.95. The lowest BCUT2D eigenvalue weighted by Gasteiger charge is -2.34. The maximum absolute atomic E-state index is 12.5. The second-order valence-electron chi connectivity index (χ2n) is 5.56. The van der Waals surface area contributed by atoms with Gasteiger partial charge in [0.25, 0.3) is 5.91 Å². The number of nitrogens with zero attached hydrogens (tertiary/aromatic N) is 2. The summed E-state index contributed by atoms with van der Waals surface area (Å²) in [5.74, 6) is 0.118. The molecule has 0 aliphatic rings. The Morgan fingerprint density at radius 1 is 1.45 bits per heavy atom. The van der Waals surface area contributed by atoms with Gasteiger partial charge in [0.05, 0.1) is 12.1 Å². The summed E-state index contributed by atoms with van der Waals surface area (Å²) in [7, 11) is 3.36. The van der Waals surface area contributed by atoms with E-state index in [1.807, 2.05) is 32.9 Å². The number of amides is 1. The number of aryl methyl sites for hydroxylation is 1. The summed E-state index contributed by atoms with van der Waals surface area (Å²) in [6, 6.07) is 5.37. The van der Waals surface area contributed by atoms with Crippen molar-refractivity contribution >= 4 is 17.0 Å². The van der Waals surface area contributed by atoms with E-state index in [1.54, 1.807) is 25.1 Å². The predicted molar refractivity (Wildman–Crippen MR) is 76.8 cm³/mol. The topological polar surface area (TPSA) is 55.6 Å². The number of hydrogen-bond acceptors (Lipinski definition) is 4. The SMILES string of the molecule is COCC(C)(C)N(C)C(=O)c1cc2nc(C)ccc2o1. The van der Waals surface area contributed by atoms with Gasteiger partial charge in [-0.2, -0.15) is 0 Å². The fourth-order valence-electron chi connectivity index (χ4n) is 2.02. The van der Waals surface area contributed by atoms with E-state index >= 15 is 0 Å². The molecule has 0 radical (unpaired) electrons. The molecule has 0 aliphatic heterocycles. The zero-order chi connectivity index (χ0) is 14.9. The van der Waals surface area contributed by atoms with Gasteiger partial charge in [0.2, 0.25) is 0 Å².